The van der Waals surface area contributed by atoms with Crippen LogP contribution in [0.5, 0.6) is 5.75 Å². The fraction of sp³-hybridized carbons (Fsp3) is 0.231. The Kier molecular flexibility index (Phi) is 3.74. The Morgan fingerprint density at radius 1 is 1.50 bits per heavy atom. The minimum Gasteiger partial charge on any atom is -0.489 e. The molecule has 0 bridgehead atoms. The highest BCUT2D eigenvalue weighted by Gasteiger charge is 2.08. The summed E-state index contributed by atoms with van der Waals surface area (Å²) < 4.78 is 10.5. The van der Waals surface area contributed by atoms with Crippen molar-refractivity contribution in [2.45, 2.75) is 13.5 Å². The average Bonchev–Trinajstić information content (AvgIpc) is 2.85. The zero-order chi connectivity index (χ0) is 13.0. The molecule has 0 atom stereocenters. The SMILES string of the molecule is C=C(C)COc1cccc(-c2noc(CN)n2)c1. The number of ether oxygens (including phenoxy) is 1. The van der Waals surface area contributed by atoms with E-state index < -0.39 is 0 Å². The Labute approximate surface area is 105 Å². The molecule has 1 aromatic heterocycles. The third-order valence-electron chi connectivity index (χ3n) is 2.22. The van der Waals surface area contributed by atoms with Gasteiger partial charge in [0, 0.05) is 5.56 Å². The van der Waals surface area contributed by atoms with Gasteiger partial charge in [0.1, 0.15) is 12.4 Å². The molecule has 0 aliphatic carbocycles. The number of benzene rings is 1. The second kappa shape index (κ2) is 5.46. The first-order chi connectivity index (χ1) is 8.69. The molecule has 0 radical (unpaired) electrons. The molecule has 94 valence electrons. The molecule has 0 saturated carbocycles. The lowest BCUT2D eigenvalue weighted by Gasteiger charge is -2.06. The molecular weight excluding hydrogens is 230 g/mol. The van der Waals surface area contributed by atoms with Gasteiger partial charge < -0.3 is 15.0 Å². The van der Waals surface area contributed by atoms with Crippen molar-refractivity contribution in [2.75, 3.05) is 6.61 Å². The fourth-order valence-electron chi connectivity index (χ4n) is 1.39. The summed E-state index contributed by atoms with van der Waals surface area (Å²) in [5.74, 6) is 1.67. The summed E-state index contributed by atoms with van der Waals surface area (Å²) in [6.45, 7) is 6.42. The van der Waals surface area contributed by atoms with Crippen molar-refractivity contribution in [2.24, 2.45) is 5.73 Å². The normalized spacial score (nSPS) is 10.3. The smallest absolute Gasteiger partial charge is 0.240 e. The van der Waals surface area contributed by atoms with E-state index in [1.54, 1.807) is 0 Å². The van der Waals surface area contributed by atoms with Gasteiger partial charge in [0.25, 0.3) is 0 Å². The molecule has 0 fully saturated rings. The first-order valence-corrected chi connectivity index (χ1v) is 5.59. The second-order valence-electron chi connectivity index (χ2n) is 3.99. The number of hydrogen-bond acceptors (Lipinski definition) is 5. The van der Waals surface area contributed by atoms with Crippen molar-refractivity contribution in [3.05, 3.63) is 42.3 Å². The molecule has 0 amide bonds. The summed E-state index contributed by atoms with van der Waals surface area (Å²) in [7, 11) is 0. The molecule has 0 aliphatic rings. The molecule has 2 aromatic rings. The average molecular weight is 245 g/mol. The van der Waals surface area contributed by atoms with Crippen LogP contribution in [0.1, 0.15) is 12.8 Å². The molecule has 2 N–H and O–H groups in total. The molecule has 0 aliphatic heterocycles. The highest BCUT2D eigenvalue weighted by Crippen LogP contribution is 2.21. The van der Waals surface area contributed by atoms with Crippen LogP contribution in [0.15, 0.2) is 40.9 Å². The first-order valence-electron chi connectivity index (χ1n) is 5.59. The number of aromatic nitrogens is 2. The van der Waals surface area contributed by atoms with E-state index in [2.05, 4.69) is 16.7 Å². The summed E-state index contributed by atoms with van der Waals surface area (Å²) in [6.07, 6.45) is 0. The van der Waals surface area contributed by atoms with E-state index in [-0.39, 0.29) is 6.54 Å². The monoisotopic (exact) mass is 245 g/mol. The van der Waals surface area contributed by atoms with Gasteiger partial charge in [0.15, 0.2) is 0 Å². The number of hydrogen-bond donors (Lipinski definition) is 1. The summed E-state index contributed by atoms with van der Waals surface area (Å²) >= 11 is 0. The minimum atomic E-state index is 0.235. The van der Waals surface area contributed by atoms with E-state index in [0.29, 0.717) is 18.3 Å². The van der Waals surface area contributed by atoms with Gasteiger partial charge in [-0.15, -0.1) is 0 Å². The molecule has 0 unspecified atom stereocenters. The zero-order valence-corrected chi connectivity index (χ0v) is 10.2. The van der Waals surface area contributed by atoms with E-state index in [1.807, 2.05) is 31.2 Å². The summed E-state index contributed by atoms with van der Waals surface area (Å²) in [4.78, 5) is 4.16. The lowest BCUT2D eigenvalue weighted by atomic mass is 10.2. The number of rotatable bonds is 5. The molecule has 1 aromatic carbocycles. The number of nitrogens with zero attached hydrogens (tertiary/aromatic N) is 2. The van der Waals surface area contributed by atoms with Crippen molar-refractivity contribution in [3.63, 3.8) is 0 Å². The Morgan fingerprint density at radius 2 is 2.33 bits per heavy atom. The molecule has 0 spiro atoms. The first kappa shape index (κ1) is 12.3. The van der Waals surface area contributed by atoms with Gasteiger partial charge in [-0.05, 0) is 24.6 Å². The fourth-order valence-corrected chi connectivity index (χ4v) is 1.39. The van der Waals surface area contributed by atoms with Gasteiger partial charge in [-0.3, -0.25) is 0 Å². The predicted octanol–water partition coefficient (Wildman–Crippen LogP) is 2.15. The van der Waals surface area contributed by atoms with E-state index in [1.165, 1.54) is 0 Å². The van der Waals surface area contributed by atoms with Crippen LogP contribution in [-0.2, 0) is 6.54 Å². The highest BCUT2D eigenvalue weighted by molar-refractivity contribution is 5.56. The molecule has 18 heavy (non-hydrogen) atoms. The highest BCUT2D eigenvalue weighted by atomic mass is 16.5. The van der Waals surface area contributed by atoms with Crippen LogP contribution in [0.4, 0.5) is 0 Å². The van der Waals surface area contributed by atoms with E-state index in [0.717, 1.165) is 16.9 Å². The maximum absolute atomic E-state index is 5.55. The lowest BCUT2D eigenvalue weighted by molar-refractivity contribution is 0.353. The van der Waals surface area contributed by atoms with Gasteiger partial charge in [-0.2, -0.15) is 4.98 Å². The zero-order valence-electron chi connectivity index (χ0n) is 10.2. The van der Waals surface area contributed by atoms with Crippen LogP contribution in [0.3, 0.4) is 0 Å². The van der Waals surface area contributed by atoms with Crippen molar-refractivity contribution < 1.29 is 9.26 Å². The van der Waals surface area contributed by atoms with Gasteiger partial charge in [0.2, 0.25) is 11.7 Å². The molecule has 0 saturated heterocycles. The minimum absolute atomic E-state index is 0.235. The molecule has 5 heteroatoms. The van der Waals surface area contributed by atoms with E-state index in [9.17, 15) is 0 Å². The third-order valence-corrected chi connectivity index (χ3v) is 2.22. The molecule has 1 heterocycles. The van der Waals surface area contributed by atoms with E-state index >= 15 is 0 Å². The topological polar surface area (TPSA) is 74.2 Å². The Hall–Kier alpha value is -2.14. The van der Waals surface area contributed by atoms with Gasteiger partial charge >= 0.3 is 0 Å². The van der Waals surface area contributed by atoms with Crippen LogP contribution in [0.25, 0.3) is 11.4 Å². The maximum Gasteiger partial charge on any atom is 0.240 e. The Balaban J connectivity index is 2.18. The summed E-state index contributed by atoms with van der Waals surface area (Å²) in [6, 6.07) is 7.49. The van der Waals surface area contributed by atoms with Crippen molar-refractivity contribution in [1.82, 2.24) is 10.1 Å². The Bertz CT molecular complexity index is 549. The Morgan fingerprint density at radius 3 is 3.00 bits per heavy atom. The maximum atomic E-state index is 5.55. The second-order valence-corrected chi connectivity index (χ2v) is 3.99. The van der Waals surface area contributed by atoms with Crippen molar-refractivity contribution in [3.8, 4) is 17.1 Å². The van der Waals surface area contributed by atoms with E-state index in [4.69, 9.17) is 15.0 Å². The predicted molar refractivity (Wildman–Crippen MR) is 67.9 cm³/mol. The van der Waals surface area contributed by atoms with Crippen LogP contribution < -0.4 is 10.5 Å². The van der Waals surface area contributed by atoms with Crippen molar-refractivity contribution in [1.29, 1.82) is 0 Å². The summed E-state index contributed by atoms with van der Waals surface area (Å²) in [5.41, 5.74) is 7.22. The van der Waals surface area contributed by atoms with Gasteiger partial charge in [-0.1, -0.05) is 23.9 Å². The molecule has 2 rings (SSSR count). The number of nitrogens with two attached hydrogens (primary N) is 1. The summed E-state index contributed by atoms with van der Waals surface area (Å²) in [5, 5.41) is 3.85. The molecule has 5 nitrogen and oxygen atoms in total. The van der Waals surface area contributed by atoms with Crippen LogP contribution in [0, 0.1) is 0 Å². The lowest BCUT2D eigenvalue weighted by Crippen LogP contribution is -1.97. The van der Waals surface area contributed by atoms with Crippen LogP contribution in [0.2, 0.25) is 0 Å². The van der Waals surface area contributed by atoms with Crippen LogP contribution >= 0.6 is 0 Å². The van der Waals surface area contributed by atoms with Crippen molar-refractivity contribution >= 4 is 0 Å². The molecular formula is C13H15N3O2. The van der Waals surface area contributed by atoms with Crippen LogP contribution in [-0.4, -0.2) is 16.7 Å². The quantitative estimate of drug-likeness (QED) is 0.817. The third kappa shape index (κ3) is 2.95. The largest absolute Gasteiger partial charge is 0.489 e. The standard InChI is InChI=1S/C13H15N3O2/c1-9(2)8-17-11-5-3-4-10(6-11)13-15-12(7-14)18-16-13/h3-6H,1,7-8,14H2,2H3. The van der Waals surface area contributed by atoms with Gasteiger partial charge in [-0.25, -0.2) is 0 Å². The van der Waals surface area contributed by atoms with Gasteiger partial charge in [0.05, 0.1) is 6.54 Å².